The molecule has 0 aromatic carbocycles. The lowest BCUT2D eigenvalue weighted by Gasteiger charge is -2.38. The van der Waals surface area contributed by atoms with Gasteiger partial charge in [-0.15, -0.1) is 0 Å². The lowest BCUT2D eigenvalue weighted by molar-refractivity contribution is -0.274. The number of aromatic nitrogens is 2. The highest BCUT2D eigenvalue weighted by molar-refractivity contribution is 8.14. The zero-order valence-corrected chi connectivity index (χ0v) is 19.4. The van der Waals surface area contributed by atoms with Crippen LogP contribution in [0.4, 0.5) is 26.3 Å². The molecule has 0 N–H and O–H groups in total. The Labute approximate surface area is 203 Å². The van der Waals surface area contributed by atoms with Crippen molar-refractivity contribution in [3.05, 3.63) is 23.8 Å². The van der Waals surface area contributed by atoms with Crippen LogP contribution < -0.4 is 0 Å². The molecule has 2 rings (SSSR count). The second kappa shape index (κ2) is 11.8. The van der Waals surface area contributed by atoms with E-state index in [1.165, 1.54) is 4.57 Å². The van der Waals surface area contributed by atoms with E-state index in [1.54, 1.807) is 6.92 Å². The molecule has 2 unspecified atom stereocenters. The molecule has 36 heavy (non-hydrogen) atoms. The van der Waals surface area contributed by atoms with Gasteiger partial charge in [0.1, 0.15) is 6.54 Å². The predicted octanol–water partition coefficient (Wildman–Crippen LogP) is 2.64. The van der Waals surface area contributed by atoms with Gasteiger partial charge >= 0.3 is 30.3 Å². The van der Waals surface area contributed by atoms with Gasteiger partial charge in [-0.2, -0.15) is 26.3 Å². The van der Waals surface area contributed by atoms with Crippen LogP contribution in [0.1, 0.15) is 26.0 Å². The molecule has 1 saturated heterocycles. The fourth-order valence-electron chi connectivity index (χ4n) is 2.99. The largest absolute Gasteiger partial charge is 0.492 e. The summed E-state index contributed by atoms with van der Waals surface area (Å²) < 4.78 is 87.6. The van der Waals surface area contributed by atoms with Crippen molar-refractivity contribution < 1.29 is 59.8 Å². The van der Waals surface area contributed by atoms with Gasteiger partial charge in [-0.05, 0) is 19.4 Å². The number of esters is 2. The van der Waals surface area contributed by atoms with Crippen molar-refractivity contribution >= 4 is 40.9 Å². The van der Waals surface area contributed by atoms with E-state index in [4.69, 9.17) is 4.74 Å². The predicted molar refractivity (Wildman–Crippen MR) is 108 cm³/mol. The van der Waals surface area contributed by atoms with Crippen molar-refractivity contribution in [2.24, 2.45) is 0 Å². The molecule has 1 aromatic heterocycles. The van der Waals surface area contributed by atoms with Gasteiger partial charge in [-0.1, -0.05) is 16.8 Å². The van der Waals surface area contributed by atoms with E-state index in [-0.39, 0.29) is 29.4 Å². The first-order chi connectivity index (χ1) is 16.6. The molecule has 2 heterocycles. The second-order valence-corrected chi connectivity index (χ2v) is 8.43. The summed E-state index contributed by atoms with van der Waals surface area (Å²) in [5.41, 5.74) is -0.274. The Bertz CT molecular complexity index is 1020. The maximum Gasteiger partial charge on any atom is 0.492 e. The van der Waals surface area contributed by atoms with Crippen LogP contribution in [0.3, 0.4) is 0 Å². The van der Waals surface area contributed by atoms with Gasteiger partial charge < -0.3 is 18.9 Å². The Kier molecular flexibility index (Phi) is 9.53. The second-order valence-electron chi connectivity index (χ2n) is 7.06. The topological polar surface area (TPSA) is 117 Å². The molecule has 1 aliphatic rings. The van der Waals surface area contributed by atoms with Crippen LogP contribution in [0, 0.1) is 0 Å². The number of rotatable bonds is 7. The molecule has 1 aliphatic heterocycles. The standard InChI is InChI=1S/C19H19F6N3O7S/c1-3-33-14(30)8-27-9-26-7-11(27)6-12-13(36-10(2)29)4-5-28(35-17(32)19(23,24)25)15(12)34-16(31)18(20,21)22/h6-7,9,13,15H,3-5,8H2,1-2H3/b12-6+. The molecule has 17 heteroatoms. The summed E-state index contributed by atoms with van der Waals surface area (Å²) in [6, 6.07) is 0. The first kappa shape index (κ1) is 29.2. The summed E-state index contributed by atoms with van der Waals surface area (Å²) in [7, 11) is 0. The monoisotopic (exact) mass is 547 g/mol. The molecular formula is C19H19F6N3O7S. The molecule has 200 valence electrons. The normalized spacial score (nSPS) is 20.2. The zero-order valence-electron chi connectivity index (χ0n) is 18.6. The maximum absolute atomic E-state index is 12.9. The van der Waals surface area contributed by atoms with Gasteiger partial charge in [0.15, 0.2) is 5.12 Å². The molecule has 0 bridgehead atoms. The van der Waals surface area contributed by atoms with Crippen molar-refractivity contribution in [1.82, 2.24) is 14.6 Å². The number of hydroxylamine groups is 2. The SMILES string of the molecule is CCOC(=O)Cn1cncc1/C=C1\C(SC(C)=O)CCN(OC(=O)C(F)(F)F)C1OC(=O)C(F)(F)F. The van der Waals surface area contributed by atoms with Crippen LogP contribution in [0.25, 0.3) is 6.08 Å². The van der Waals surface area contributed by atoms with E-state index in [1.807, 2.05) is 0 Å². The third-order valence-corrected chi connectivity index (χ3v) is 5.51. The molecule has 0 radical (unpaired) electrons. The molecule has 2 atom stereocenters. The highest BCUT2D eigenvalue weighted by Crippen LogP contribution is 2.36. The van der Waals surface area contributed by atoms with Crippen molar-refractivity contribution in [3.63, 3.8) is 0 Å². The summed E-state index contributed by atoms with van der Waals surface area (Å²) >= 11 is 0.608. The van der Waals surface area contributed by atoms with Gasteiger partial charge in [0.05, 0.1) is 24.8 Å². The minimum Gasteiger partial charge on any atom is -0.465 e. The number of alkyl halides is 6. The lowest BCUT2D eigenvalue weighted by atomic mass is 10.0. The summed E-state index contributed by atoms with van der Waals surface area (Å²) in [4.78, 5) is 54.6. The van der Waals surface area contributed by atoms with Gasteiger partial charge in [0.25, 0.3) is 0 Å². The van der Waals surface area contributed by atoms with E-state index in [0.29, 0.717) is 11.8 Å². The number of piperidine rings is 1. The Balaban J connectivity index is 2.56. The zero-order chi connectivity index (χ0) is 27.3. The van der Waals surface area contributed by atoms with Crippen molar-refractivity contribution in [2.45, 2.75) is 50.6 Å². The van der Waals surface area contributed by atoms with Crippen LogP contribution >= 0.6 is 11.8 Å². The number of hydrogen-bond donors (Lipinski definition) is 0. The third kappa shape index (κ3) is 7.97. The highest BCUT2D eigenvalue weighted by atomic mass is 32.2. The fourth-order valence-corrected chi connectivity index (χ4v) is 3.94. The average molecular weight is 547 g/mol. The van der Waals surface area contributed by atoms with Crippen LogP contribution in [0.2, 0.25) is 0 Å². The highest BCUT2D eigenvalue weighted by Gasteiger charge is 2.49. The number of imidazole rings is 1. The molecule has 10 nitrogen and oxygen atoms in total. The molecule has 0 aliphatic carbocycles. The number of thioether (sulfide) groups is 1. The Morgan fingerprint density at radius 3 is 2.33 bits per heavy atom. The van der Waals surface area contributed by atoms with Crippen LogP contribution in [0.15, 0.2) is 18.1 Å². The number of carbonyl (C=O) groups is 4. The smallest absolute Gasteiger partial charge is 0.465 e. The van der Waals surface area contributed by atoms with E-state index < -0.39 is 59.9 Å². The van der Waals surface area contributed by atoms with Crippen molar-refractivity contribution in [3.8, 4) is 0 Å². The quantitative estimate of drug-likeness (QED) is 0.373. The van der Waals surface area contributed by atoms with E-state index in [2.05, 4.69) is 14.6 Å². The van der Waals surface area contributed by atoms with Crippen LogP contribution in [-0.2, 0) is 40.0 Å². The van der Waals surface area contributed by atoms with Gasteiger partial charge in [0.2, 0.25) is 6.23 Å². The number of ether oxygens (including phenoxy) is 2. The summed E-state index contributed by atoms with van der Waals surface area (Å²) in [6.07, 6.45) is -10.1. The first-order valence-corrected chi connectivity index (χ1v) is 10.9. The molecule has 0 spiro atoms. The number of carbonyl (C=O) groups excluding carboxylic acids is 4. The van der Waals surface area contributed by atoms with E-state index in [9.17, 15) is 45.5 Å². The van der Waals surface area contributed by atoms with Gasteiger partial charge in [0, 0.05) is 24.3 Å². The molecule has 1 aromatic rings. The van der Waals surface area contributed by atoms with E-state index >= 15 is 0 Å². The Hall–Kier alpha value is -3.08. The molecular weight excluding hydrogens is 528 g/mol. The van der Waals surface area contributed by atoms with Crippen molar-refractivity contribution in [1.29, 1.82) is 0 Å². The number of halogens is 6. The Morgan fingerprint density at radius 1 is 1.14 bits per heavy atom. The van der Waals surface area contributed by atoms with Gasteiger partial charge in [-0.3, -0.25) is 9.59 Å². The Morgan fingerprint density at radius 2 is 1.78 bits per heavy atom. The van der Waals surface area contributed by atoms with Gasteiger partial charge in [-0.25, -0.2) is 14.6 Å². The van der Waals surface area contributed by atoms with Crippen LogP contribution in [0.5, 0.6) is 0 Å². The minimum absolute atomic E-state index is 0.0456. The average Bonchev–Trinajstić information content (AvgIpc) is 3.16. The summed E-state index contributed by atoms with van der Waals surface area (Å²) in [5, 5.41) is -1.37. The third-order valence-electron chi connectivity index (χ3n) is 4.38. The molecule has 1 fully saturated rings. The maximum atomic E-state index is 12.9. The molecule has 0 saturated carbocycles. The lowest BCUT2D eigenvalue weighted by Crippen LogP contribution is -2.51. The van der Waals surface area contributed by atoms with E-state index in [0.717, 1.165) is 25.5 Å². The van der Waals surface area contributed by atoms with Crippen molar-refractivity contribution in [2.75, 3.05) is 13.2 Å². The minimum atomic E-state index is -5.54. The number of nitrogens with zero attached hydrogens (tertiary/aromatic N) is 3. The number of hydrogen-bond acceptors (Lipinski definition) is 10. The van der Waals surface area contributed by atoms with Crippen LogP contribution in [-0.4, -0.2) is 74.6 Å². The summed E-state index contributed by atoms with van der Waals surface area (Å²) in [5.74, 6) is -6.24. The fraction of sp³-hybridized carbons (Fsp3) is 0.526. The summed E-state index contributed by atoms with van der Waals surface area (Å²) in [6.45, 7) is 1.74. The first-order valence-electron chi connectivity index (χ1n) is 10.0. The molecule has 0 amide bonds.